The predicted octanol–water partition coefficient (Wildman–Crippen LogP) is 3.13. The molecule has 11 heteroatoms. The lowest BCUT2D eigenvalue weighted by molar-refractivity contribution is -0.231. The molecule has 3 saturated heterocycles. The summed E-state index contributed by atoms with van der Waals surface area (Å²) in [6.07, 6.45) is -4.31. The van der Waals surface area contributed by atoms with Crippen LogP contribution in [-0.2, 0) is 60.8 Å². The Bertz CT molecular complexity index is 1250. The molecule has 2 aromatic carbocycles. The van der Waals surface area contributed by atoms with E-state index in [2.05, 4.69) is 5.32 Å². The molecule has 1 amide bonds. The van der Waals surface area contributed by atoms with Gasteiger partial charge in [0.2, 0.25) is 0 Å². The number of hydrogen-bond donors (Lipinski definition) is 1. The zero-order valence-electron chi connectivity index (χ0n) is 24.1. The van der Waals surface area contributed by atoms with Crippen molar-refractivity contribution in [3.05, 3.63) is 71.8 Å². The molecule has 3 heterocycles. The van der Waals surface area contributed by atoms with Gasteiger partial charge >= 0.3 is 11.9 Å². The van der Waals surface area contributed by atoms with Gasteiger partial charge in [0, 0.05) is 6.42 Å². The van der Waals surface area contributed by atoms with Crippen molar-refractivity contribution in [2.45, 2.75) is 102 Å². The van der Waals surface area contributed by atoms with Gasteiger partial charge in [0.05, 0.1) is 0 Å². The van der Waals surface area contributed by atoms with Crippen LogP contribution in [0, 0.1) is 0 Å². The summed E-state index contributed by atoms with van der Waals surface area (Å²) in [5.74, 6) is -3.79. The molecular formula is C31H37NO10. The van der Waals surface area contributed by atoms with Crippen LogP contribution >= 0.6 is 0 Å². The Morgan fingerprint density at radius 2 is 1.31 bits per heavy atom. The van der Waals surface area contributed by atoms with Gasteiger partial charge in [0.15, 0.2) is 24.0 Å². The number of nitrogens with one attached hydrogen (secondary N) is 1. The van der Waals surface area contributed by atoms with Crippen LogP contribution in [0.5, 0.6) is 0 Å². The van der Waals surface area contributed by atoms with Crippen molar-refractivity contribution < 1.29 is 47.5 Å². The van der Waals surface area contributed by atoms with E-state index in [1.54, 1.807) is 27.7 Å². The number of hydrogen-bond acceptors (Lipinski definition) is 10. The molecule has 0 aliphatic carbocycles. The van der Waals surface area contributed by atoms with Crippen molar-refractivity contribution in [2.24, 2.45) is 0 Å². The van der Waals surface area contributed by atoms with Crippen LogP contribution < -0.4 is 5.32 Å². The van der Waals surface area contributed by atoms with Crippen LogP contribution in [0.4, 0.5) is 0 Å². The van der Waals surface area contributed by atoms with Crippen LogP contribution in [0.1, 0.15) is 51.7 Å². The predicted molar refractivity (Wildman–Crippen MR) is 146 cm³/mol. The second kappa shape index (κ2) is 12.5. The number of carbonyl (C=O) groups is 3. The van der Waals surface area contributed by atoms with Crippen LogP contribution in [0.3, 0.4) is 0 Å². The molecule has 0 bridgehead atoms. The smallest absolute Gasteiger partial charge is 0.328 e. The van der Waals surface area contributed by atoms with Crippen molar-refractivity contribution in [1.82, 2.24) is 5.32 Å². The number of ether oxygens (including phenoxy) is 7. The minimum absolute atomic E-state index is 0.00425. The van der Waals surface area contributed by atoms with Gasteiger partial charge in [-0.2, -0.15) is 0 Å². The van der Waals surface area contributed by atoms with Gasteiger partial charge in [0.1, 0.15) is 37.6 Å². The molecule has 11 nitrogen and oxygen atoms in total. The Kier molecular flexibility index (Phi) is 8.95. The molecule has 226 valence electrons. The molecule has 3 aliphatic heterocycles. The second-order valence-electron chi connectivity index (χ2n) is 11.4. The van der Waals surface area contributed by atoms with Crippen molar-refractivity contribution in [3.8, 4) is 0 Å². The van der Waals surface area contributed by atoms with Crippen molar-refractivity contribution in [3.63, 3.8) is 0 Å². The molecular weight excluding hydrogens is 546 g/mol. The number of carbonyl (C=O) groups excluding carboxylic acids is 3. The molecule has 1 N–H and O–H groups in total. The first-order chi connectivity index (χ1) is 20.0. The maximum absolute atomic E-state index is 13.7. The van der Waals surface area contributed by atoms with Crippen molar-refractivity contribution >= 4 is 17.8 Å². The lowest BCUT2D eigenvalue weighted by Gasteiger charge is -2.36. The zero-order valence-corrected chi connectivity index (χ0v) is 24.1. The van der Waals surface area contributed by atoms with Crippen LogP contribution in [0.25, 0.3) is 0 Å². The van der Waals surface area contributed by atoms with Gasteiger partial charge in [0.25, 0.3) is 5.91 Å². The molecule has 0 aromatic heterocycles. The summed E-state index contributed by atoms with van der Waals surface area (Å²) in [4.78, 5) is 39.4. The van der Waals surface area contributed by atoms with Crippen LogP contribution in [0.15, 0.2) is 60.7 Å². The topological polar surface area (TPSA) is 128 Å². The van der Waals surface area contributed by atoms with E-state index in [0.717, 1.165) is 11.1 Å². The van der Waals surface area contributed by atoms with Gasteiger partial charge < -0.3 is 38.5 Å². The van der Waals surface area contributed by atoms with Gasteiger partial charge in [-0.3, -0.25) is 9.59 Å². The van der Waals surface area contributed by atoms with E-state index >= 15 is 0 Å². The number of amides is 1. The first-order valence-electron chi connectivity index (χ1n) is 14.1. The summed E-state index contributed by atoms with van der Waals surface area (Å²) < 4.78 is 40.9. The highest BCUT2D eigenvalue weighted by molar-refractivity contribution is 5.88. The second-order valence-corrected chi connectivity index (χ2v) is 11.4. The fourth-order valence-electron chi connectivity index (χ4n) is 5.23. The van der Waals surface area contributed by atoms with E-state index in [9.17, 15) is 14.4 Å². The number of fused-ring (bicyclic) bond motifs is 3. The molecule has 5 rings (SSSR count). The average molecular weight is 584 g/mol. The monoisotopic (exact) mass is 583 g/mol. The molecule has 0 unspecified atom stereocenters. The highest BCUT2D eigenvalue weighted by atomic mass is 16.9. The van der Waals surface area contributed by atoms with E-state index < -0.39 is 66.2 Å². The fraction of sp³-hybridized carbons (Fsp3) is 0.516. The van der Waals surface area contributed by atoms with Crippen molar-refractivity contribution in [2.75, 3.05) is 0 Å². The summed E-state index contributed by atoms with van der Waals surface area (Å²) in [5.41, 5.74) is 1.62. The first kappa shape index (κ1) is 30.1. The zero-order chi connectivity index (χ0) is 29.9. The van der Waals surface area contributed by atoms with E-state index in [1.807, 2.05) is 60.7 Å². The molecule has 42 heavy (non-hydrogen) atoms. The molecule has 6 atom stereocenters. The quantitative estimate of drug-likeness (QED) is 0.417. The Morgan fingerprint density at radius 1 is 0.762 bits per heavy atom. The fourth-order valence-corrected chi connectivity index (χ4v) is 5.23. The third-order valence-corrected chi connectivity index (χ3v) is 7.12. The third kappa shape index (κ3) is 7.34. The van der Waals surface area contributed by atoms with Gasteiger partial charge in [-0.05, 0) is 45.2 Å². The number of esters is 2. The van der Waals surface area contributed by atoms with E-state index in [1.165, 1.54) is 0 Å². The standard InChI is InChI=1S/C31H37NO10/c1-30(2)39-23-24(40-30)26-29(42-31(3,4)41-26)38-25(23)27(34)32-21(28(35)37-18-20-13-9-6-10-14-20)15-16-22(33)36-17-19-11-7-5-8-12-19/h5-14,21,23-26,29H,15-18H2,1-4H3,(H,32,34)/t21-,23-,24+,25+,26-,29-/m1/s1. The number of rotatable bonds is 10. The SMILES string of the molecule is CC1(C)O[C@H]2[C@@H](O1)[C@@H](C(=O)N[C@H](CCC(=O)OCc1ccccc1)C(=O)OCc1ccccc1)O[C@@H]1OC(C)(C)O[C@@H]12. The molecule has 3 fully saturated rings. The minimum atomic E-state index is -1.18. The number of benzene rings is 2. The largest absolute Gasteiger partial charge is 0.461 e. The average Bonchev–Trinajstić information content (AvgIpc) is 3.46. The summed E-state index contributed by atoms with van der Waals surface area (Å²) in [7, 11) is 0. The Balaban J connectivity index is 1.26. The molecule has 2 aromatic rings. The lowest BCUT2D eigenvalue weighted by Crippen LogP contribution is -2.61. The lowest BCUT2D eigenvalue weighted by atomic mass is 9.98. The first-order valence-corrected chi connectivity index (χ1v) is 14.1. The summed E-state index contributed by atoms with van der Waals surface area (Å²) in [6, 6.07) is 17.2. The van der Waals surface area contributed by atoms with Gasteiger partial charge in [-0.15, -0.1) is 0 Å². The molecule has 0 saturated carbocycles. The maximum atomic E-state index is 13.7. The van der Waals surface area contributed by atoms with Crippen molar-refractivity contribution in [1.29, 1.82) is 0 Å². The van der Waals surface area contributed by atoms with Crippen LogP contribution in [0.2, 0.25) is 0 Å². The van der Waals surface area contributed by atoms with E-state index in [4.69, 9.17) is 33.2 Å². The highest BCUT2D eigenvalue weighted by Crippen LogP contribution is 2.44. The van der Waals surface area contributed by atoms with E-state index in [-0.39, 0.29) is 26.1 Å². The molecule has 0 spiro atoms. The summed E-state index contributed by atoms with van der Waals surface area (Å²) in [5, 5.41) is 2.71. The maximum Gasteiger partial charge on any atom is 0.328 e. The third-order valence-electron chi connectivity index (χ3n) is 7.12. The summed E-state index contributed by atoms with van der Waals surface area (Å²) in [6.45, 7) is 7.07. The van der Waals surface area contributed by atoms with Gasteiger partial charge in [-0.1, -0.05) is 60.7 Å². The highest BCUT2D eigenvalue weighted by Gasteiger charge is 2.62. The summed E-state index contributed by atoms with van der Waals surface area (Å²) >= 11 is 0. The molecule has 0 radical (unpaired) electrons. The normalized spacial score (nSPS) is 27.8. The Labute approximate surface area is 244 Å². The molecule has 3 aliphatic rings. The van der Waals surface area contributed by atoms with E-state index in [0.29, 0.717) is 0 Å². The Morgan fingerprint density at radius 3 is 1.95 bits per heavy atom. The van der Waals surface area contributed by atoms with Crippen LogP contribution in [-0.4, -0.2) is 66.2 Å². The Hall–Kier alpha value is -3.35. The minimum Gasteiger partial charge on any atom is -0.461 e. The van der Waals surface area contributed by atoms with Gasteiger partial charge in [-0.25, -0.2) is 4.79 Å².